The molecule has 0 radical (unpaired) electrons. The summed E-state index contributed by atoms with van der Waals surface area (Å²) < 4.78 is 82.6. The molecule has 1 aromatic heterocycles. The predicted octanol–water partition coefficient (Wildman–Crippen LogP) is -0.0967. The fourth-order valence-electron chi connectivity index (χ4n) is 1.88. The number of esters is 1. The van der Waals surface area contributed by atoms with Crippen molar-refractivity contribution >= 4 is 16.0 Å². The molecule has 144 valence electrons. The Labute approximate surface area is 140 Å². The number of aliphatic hydroxyl groups is 2. The molecule has 2 unspecified atom stereocenters. The molecule has 0 spiro atoms. The summed E-state index contributed by atoms with van der Waals surface area (Å²) in [6.45, 7) is -0.0877. The van der Waals surface area contributed by atoms with Crippen molar-refractivity contribution in [2.75, 3.05) is 13.2 Å². The molecule has 8 nitrogen and oxygen atoms in total. The van der Waals surface area contributed by atoms with Gasteiger partial charge in [0, 0.05) is 13.2 Å². The molecule has 1 rings (SSSR count). The van der Waals surface area contributed by atoms with Gasteiger partial charge in [0.2, 0.25) is 10.0 Å². The predicted molar refractivity (Wildman–Crippen MR) is 74.6 cm³/mol. The maximum Gasteiger partial charge on any atom is 0.416 e. The molecule has 2 atom stereocenters. The number of ether oxygens (including phenoxy) is 1. The van der Waals surface area contributed by atoms with Crippen LogP contribution in [0.3, 0.4) is 0 Å². The van der Waals surface area contributed by atoms with Crippen molar-refractivity contribution in [3.63, 3.8) is 0 Å². The van der Waals surface area contributed by atoms with E-state index in [1.54, 1.807) is 0 Å². The van der Waals surface area contributed by atoms with E-state index in [2.05, 4.69) is 4.74 Å². The number of carbonyl (C=O) groups is 1. The second-order valence-corrected chi connectivity index (χ2v) is 6.57. The molecule has 13 heteroatoms. The van der Waals surface area contributed by atoms with Crippen LogP contribution in [0.2, 0.25) is 0 Å². The summed E-state index contributed by atoms with van der Waals surface area (Å²) in [5.74, 6) is -2.70. The van der Waals surface area contributed by atoms with Gasteiger partial charge in [0.25, 0.3) is 0 Å². The Balaban J connectivity index is 3.23. The summed E-state index contributed by atoms with van der Waals surface area (Å²) in [5, 5.41) is 18.0. The van der Waals surface area contributed by atoms with Crippen molar-refractivity contribution in [1.82, 2.24) is 9.29 Å². The number of halogens is 4. The van der Waals surface area contributed by atoms with Crippen LogP contribution >= 0.6 is 0 Å². The zero-order valence-corrected chi connectivity index (χ0v) is 13.9. The highest BCUT2D eigenvalue weighted by molar-refractivity contribution is 7.89. The zero-order chi connectivity index (χ0) is 19.6. The number of alkyl halides is 3. The number of nitrogens with one attached hydrogen (secondary N) is 1. The van der Waals surface area contributed by atoms with Crippen molar-refractivity contribution in [3.8, 4) is 0 Å². The first-order valence-electron chi connectivity index (χ1n) is 6.76. The molecule has 0 aliphatic rings. The van der Waals surface area contributed by atoms with E-state index in [1.807, 2.05) is 0 Å². The molecule has 0 saturated carbocycles. The standard InChI is InChI=1S/C12H16F4N2O6S/c1-3-24-11(21)9-8(13)7(4-18(9)2)25(22,23)17-6(5-19)10(20)12(14,15)16/h4,6,10,17,19-20H,3,5H2,1-2H3. The summed E-state index contributed by atoms with van der Waals surface area (Å²) in [4.78, 5) is 10.5. The average Bonchev–Trinajstić information content (AvgIpc) is 2.79. The average molecular weight is 392 g/mol. The highest BCUT2D eigenvalue weighted by atomic mass is 32.2. The van der Waals surface area contributed by atoms with E-state index in [-0.39, 0.29) is 6.61 Å². The fraction of sp³-hybridized carbons (Fsp3) is 0.583. The van der Waals surface area contributed by atoms with Crippen LogP contribution in [0.25, 0.3) is 0 Å². The highest BCUT2D eigenvalue weighted by Crippen LogP contribution is 2.25. The summed E-state index contributed by atoms with van der Waals surface area (Å²) in [7, 11) is -3.80. The Bertz CT molecular complexity index is 731. The summed E-state index contributed by atoms with van der Waals surface area (Å²) in [6.07, 6.45) is -7.79. The number of hydrogen-bond donors (Lipinski definition) is 3. The normalized spacial score (nSPS) is 15.0. The number of rotatable bonds is 7. The Kier molecular flexibility index (Phi) is 6.55. The molecular formula is C12H16F4N2O6S. The third-order valence-corrected chi connectivity index (χ3v) is 4.54. The first-order valence-corrected chi connectivity index (χ1v) is 8.25. The number of sulfonamides is 1. The van der Waals surface area contributed by atoms with E-state index in [0.29, 0.717) is 6.20 Å². The van der Waals surface area contributed by atoms with Gasteiger partial charge in [-0.1, -0.05) is 0 Å². The molecule has 25 heavy (non-hydrogen) atoms. The second-order valence-electron chi connectivity index (χ2n) is 4.88. The van der Waals surface area contributed by atoms with Crippen LogP contribution in [0.15, 0.2) is 11.1 Å². The van der Waals surface area contributed by atoms with Crippen LogP contribution in [-0.4, -0.2) is 60.7 Å². The minimum atomic E-state index is -5.22. The van der Waals surface area contributed by atoms with Crippen LogP contribution < -0.4 is 4.72 Å². The van der Waals surface area contributed by atoms with Gasteiger partial charge in [0.05, 0.1) is 19.3 Å². The maximum absolute atomic E-state index is 14.3. The van der Waals surface area contributed by atoms with Crippen molar-refractivity contribution in [3.05, 3.63) is 17.7 Å². The molecule has 0 aromatic carbocycles. The third kappa shape index (κ3) is 4.68. The zero-order valence-electron chi connectivity index (χ0n) is 13.0. The van der Waals surface area contributed by atoms with Crippen molar-refractivity contribution in [1.29, 1.82) is 0 Å². The van der Waals surface area contributed by atoms with E-state index in [0.717, 1.165) is 11.6 Å². The van der Waals surface area contributed by atoms with Gasteiger partial charge in [-0.25, -0.2) is 22.3 Å². The van der Waals surface area contributed by atoms with E-state index < -0.39 is 57.3 Å². The lowest BCUT2D eigenvalue weighted by Crippen LogP contribution is -2.51. The lowest BCUT2D eigenvalue weighted by Gasteiger charge is -2.23. The summed E-state index contributed by atoms with van der Waals surface area (Å²) in [5.41, 5.74) is -0.751. The number of hydrogen-bond acceptors (Lipinski definition) is 6. The van der Waals surface area contributed by atoms with E-state index in [9.17, 15) is 30.8 Å². The van der Waals surface area contributed by atoms with Crippen molar-refractivity contribution in [2.24, 2.45) is 7.05 Å². The largest absolute Gasteiger partial charge is 0.461 e. The number of aryl methyl sites for hydroxylation is 1. The van der Waals surface area contributed by atoms with Crippen LogP contribution in [0.1, 0.15) is 17.4 Å². The summed E-state index contributed by atoms with van der Waals surface area (Å²) >= 11 is 0. The molecule has 0 amide bonds. The second kappa shape index (κ2) is 7.68. The van der Waals surface area contributed by atoms with Gasteiger partial charge >= 0.3 is 12.1 Å². The molecule has 0 aliphatic carbocycles. The van der Waals surface area contributed by atoms with Crippen LogP contribution in [0.5, 0.6) is 0 Å². The highest BCUT2D eigenvalue weighted by Gasteiger charge is 2.45. The molecule has 1 heterocycles. The fourth-order valence-corrected chi connectivity index (χ4v) is 3.24. The number of aliphatic hydroxyl groups excluding tert-OH is 2. The van der Waals surface area contributed by atoms with Gasteiger partial charge in [0.1, 0.15) is 4.90 Å². The van der Waals surface area contributed by atoms with Gasteiger partial charge in [-0.2, -0.15) is 13.2 Å². The van der Waals surface area contributed by atoms with Crippen molar-refractivity contribution in [2.45, 2.75) is 30.1 Å². The Hall–Kier alpha value is -1.70. The van der Waals surface area contributed by atoms with E-state index in [1.165, 1.54) is 11.6 Å². The number of carbonyl (C=O) groups excluding carboxylic acids is 1. The molecule has 1 aromatic rings. The smallest absolute Gasteiger partial charge is 0.416 e. The van der Waals surface area contributed by atoms with Gasteiger partial charge in [-0.3, -0.25) is 0 Å². The van der Waals surface area contributed by atoms with Crippen molar-refractivity contribution < 1.29 is 45.7 Å². The molecule has 0 fully saturated rings. The summed E-state index contributed by atoms with van der Waals surface area (Å²) in [6, 6.07) is -2.37. The quantitative estimate of drug-likeness (QED) is 0.441. The first-order chi connectivity index (χ1) is 11.4. The van der Waals surface area contributed by atoms with E-state index in [4.69, 9.17) is 10.2 Å². The van der Waals surface area contributed by atoms with Gasteiger partial charge in [0.15, 0.2) is 17.6 Å². The lowest BCUT2D eigenvalue weighted by molar-refractivity contribution is -0.213. The number of nitrogens with zero attached hydrogens (tertiary/aromatic N) is 1. The lowest BCUT2D eigenvalue weighted by atomic mass is 10.2. The Morgan fingerprint density at radius 3 is 2.44 bits per heavy atom. The Morgan fingerprint density at radius 2 is 2.00 bits per heavy atom. The van der Waals surface area contributed by atoms with Gasteiger partial charge in [-0.15, -0.1) is 0 Å². The van der Waals surface area contributed by atoms with E-state index >= 15 is 0 Å². The topological polar surface area (TPSA) is 118 Å². The molecule has 0 saturated heterocycles. The molecule has 0 bridgehead atoms. The third-order valence-electron chi connectivity index (χ3n) is 3.07. The SMILES string of the molecule is CCOC(=O)c1c(F)c(S(=O)(=O)NC(CO)C(O)C(F)(F)F)cn1C. The van der Waals surface area contributed by atoms with Gasteiger partial charge in [-0.05, 0) is 6.92 Å². The minimum absolute atomic E-state index is 0.117. The molecule has 3 N–H and O–H groups in total. The first kappa shape index (κ1) is 21.3. The minimum Gasteiger partial charge on any atom is -0.461 e. The Morgan fingerprint density at radius 1 is 1.44 bits per heavy atom. The maximum atomic E-state index is 14.3. The molecule has 0 aliphatic heterocycles. The van der Waals surface area contributed by atoms with Gasteiger partial charge < -0.3 is 19.5 Å². The van der Waals surface area contributed by atoms with Crippen LogP contribution in [0.4, 0.5) is 17.6 Å². The van der Waals surface area contributed by atoms with Crippen LogP contribution in [0, 0.1) is 5.82 Å². The number of aromatic nitrogens is 1. The molecular weight excluding hydrogens is 376 g/mol. The monoisotopic (exact) mass is 392 g/mol. The van der Waals surface area contributed by atoms with Crippen LogP contribution in [-0.2, 0) is 21.8 Å².